The van der Waals surface area contributed by atoms with Gasteiger partial charge in [0.2, 0.25) is 0 Å². The van der Waals surface area contributed by atoms with Crippen molar-refractivity contribution in [2.45, 2.75) is 50.7 Å². The van der Waals surface area contributed by atoms with Gasteiger partial charge in [-0.3, -0.25) is 0 Å². The molecule has 0 amide bonds. The quantitative estimate of drug-likeness (QED) is 0.412. The van der Waals surface area contributed by atoms with Gasteiger partial charge in [0.05, 0.1) is 12.2 Å². The second kappa shape index (κ2) is 14.9. The van der Waals surface area contributed by atoms with Crippen LogP contribution in [0.4, 0.5) is 0 Å². The van der Waals surface area contributed by atoms with Gasteiger partial charge in [0.1, 0.15) is 24.7 Å². The first-order valence-electron chi connectivity index (χ1n) is 10.5. The average molecular weight is 403 g/mol. The molecule has 2 unspecified atom stereocenters. The van der Waals surface area contributed by atoms with E-state index in [9.17, 15) is 10.2 Å². The Morgan fingerprint density at radius 2 is 1.00 bits per heavy atom. The third-order valence-electron chi connectivity index (χ3n) is 4.52. The summed E-state index contributed by atoms with van der Waals surface area (Å²) in [5.74, 6) is 1.57. The van der Waals surface area contributed by atoms with Gasteiger partial charge in [-0.2, -0.15) is 0 Å². The Hall–Kier alpha value is -2.08. The molecule has 0 saturated carbocycles. The molecule has 0 heterocycles. The van der Waals surface area contributed by atoms with Crippen LogP contribution in [0.3, 0.4) is 0 Å². The maximum atomic E-state index is 9.95. The Morgan fingerprint density at radius 1 is 0.586 bits per heavy atom. The summed E-state index contributed by atoms with van der Waals surface area (Å²) in [6.45, 7) is 2.04. The van der Waals surface area contributed by atoms with E-state index in [-0.39, 0.29) is 0 Å². The van der Waals surface area contributed by atoms with Crippen molar-refractivity contribution in [1.29, 1.82) is 0 Å². The van der Waals surface area contributed by atoms with Crippen molar-refractivity contribution >= 4 is 0 Å². The molecule has 2 N–H and O–H groups in total. The molecular formula is C24H34O5. The normalized spacial score (nSPS) is 13.0. The zero-order valence-corrected chi connectivity index (χ0v) is 17.1. The summed E-state index contributed by atoms with van der Waals surface area (Å²) in [4.78, 5) is 0. The van der Waals surface area contributed by atoms with Gasteiger partial charge in [-0.05, 0) is 62.8 Å². The highest BCUT2D eigenvalue weighted by Gasteiger charge is 2.06. The maximum absolute atomic E-state index is 9.95. The van der Waals surface area contributed by atoms with Crippen LogP contribution in [0.25, 0.3) is 0 Å². The van der Waals surface area contributed by atoms with Crippen molar-refractivity contribution < 1.29 is 24.4 Å². The molecule has 0 aliphatic carbocycles. The molecule has 0 aliphatic heterocycles. The van der Waals surface area contributed by atoms with E-state index in [2.05, 4.69) is 0 Å². The SMILES string of the molecule is OC(CCCCOCCCCC(O)COc1ccccc1)COc1ccccc1. The first-order chi connectivity index (χ1) is 14.2. The van der Waals surface area contributed by atoms with Crippen molar-refractivity contribution in [3.05, 3.63) is 60.7 Å². The highest BCUT2D eigenvalue weighted by atomic mass is 16.5. The van der Waals surface area contributed by atoms with Crippen LogP contribution in [0.2, 0.25) is 0 Å². The maximum Gasteiger partial charge on any atom is 0.119 e. The highest BCUT2D eigenvalue weighted by molar-refractivity contribution is 5.21. The first kappa shape index (κ1) is 23.2. The number of aliphatic hydroxyl groups excluding tert-OH is 2. The molecule has 5 nitrogen and oxygen atoms in total. The molecule has 0 aromatic heterocycles. The monoisotopic (exact) mass is 402 g/mol. The topological polar surface area (TPSA) is 68.2 Å². The first-order valence-corrected chi connectivity index (χ1v) is 10.5. The van der Waals surface area contributed by atoms with Crippen molar-refractivity contribution in [3.63, 3.8) is 0 Å². The predicted molar refractivity (Wildman–Crippen MR) is 114 cm³/mol. The van der Waals surface area contributed by atoms with E-state index < -0.39 is 12.2 Å². The molecule has 2 aromatic rings. The van der Waals surface area contributed by atoms with Gasteiger partial charge in [-0.15, -0.1) is 0 Å². The zero-order valence-electron chi connectivity index (χ0n) is 17.1. The Morgan fingerprint density at radius 3 is 1.41 bits per heavy atom. The second-order valence-corrected chi connectivity index (χ2v) is 7.16. The lowest BCUT2D eigenvalue weighted by atomic mass is 10.1. The van der Waals surface area contributed by atoms with E-state index in [0.717, 1.165) is 37.2 Å². The lowest BCUT2D eigenvalue weighted by molar-refractivity contribution is 0.0836. The fourth-order valence-corrected chi connectivity index (χ4v) is 2.86. The molecule has 0 spiro atoms. The second-order valence-electron chi connectivity index (χ2n) is 7.16. The average Bonchev–Trinajstić information content (AvgIpc) is 2.76. The summed E-state index contributed by atoms with van der Waals surface area (Å²) in [6, 6.07) is 19.1. The van der Waals surface area contributed by atoms with Crippen LogP contribution in [0.15, 0.2) is 60.7 Å². The third-order valence-corrected chi connectivity index (χ3v) is 4.52. The summed E-state index contributed by atoms with van der Waals surface area (Å²) in [7, 11) is 0. The van der Waals surface area contributed by atoms with E-state index in [1.54, 1.807) is 0 Å². The van der Waals surface area contributed by atoms with Crippen LogP contribution >= 0.6 is 0 Å². The molecule has 2 rings (SSSR count). The molecule has 29 heavy (non-hydrogen) atoms. The molecule has 160 valence electrons. The summed E-state index contributed by atoms with van der Waals surface area (Å²) in [5.41, 5.74) is 0. The molecule has 2 aromatic carbocycles. The number of benzene rings is 2. The molecule has 0 saturated heterocycles. The largest absolute Gasteiger partial charge is 0.491 e. The van der Waals surface area contributed by atoms with E-state index in [0.29, 0.717) is 39.3 Å². The van der Waals surface area contributed by atoms with Crippen molar-refractivity contribution in [2.24, 2.45) is 0 Å². The lowest BCUT2D eigenvalue weighted by Crippen LogP contribution is -2.17. The molecule has 0 radical (unpaired) electrons. The number of aliphatic hydroxyl groups is 2. The van der Waals surface area contributed by atoms with Gasteiger partial charge in [0.25, 0.3) is 0 Å². The number of rotatable bonds is 16. The fourth-order valence-electron chi connectivity index (χ4n) is 2.86. The Kier molecular flexibility index (Phi) is 11.9. The number of unbranched alkanes of at least 4 members (excludes halogenated alkanes) is 2. The van der Waals surface area contributed by atoms with Crippen molar-refractivity contribution in [1.82, 2.24) is 0 Å². The number of hydrogen-bond acceptors (Lipinski definition) is 5. The molecule has 0 bridgehead atoms. The summed E-state index contributed by atoms with van der Waals surface area (Å²) >= 11 is 0. The van der Waals surface area contributed by atoms with E-state index in [4.69, 9.17) is 14.2 Å². The third kappa shape index (κ3) is 11.5. The van der Waals surface area contributed by atoms with Crippen LogP contribution < -0.4 is 9.47 Å². The van der Waals surface area contributed by atoms with Crippen molar-refractivity contribution in [3.8, 4) is 11.5 Å². The lowest BCUT2D eigenvalue weighted by Gasteiger charge is -2.13. The van der Waals surface area contributed by atoms with Crippen LogP contribution in [0.5, 0.6) is 11.5 Å². The Labute approximate surface area is 174 Å². The minimum absolute atomic E-state index is 0.321. The van der Waals surface area contributed by atoms with E-state index in [1.165, 1.54) is 0 Å². The number of para-hydroxylation sites is 2. The fraction of sp³-hybridized carbons (Fsp3) is 0.500. The summed E-state index contributed by atoms with van der Waals surface area (Å²) < 4.78 is 16.7. The molecule has 2 atom stereocenters. The molecule has 5 heteroatoms. The Balaban J connectivity index is 1.35. The van der Waals surface area contributed by atoms with Gasteiger partial charge in [0, 0.05) is 13.2 Å². The van der Waals surface area contributed by atoms with Gasteiger partial charge in [0.15, 0.2) is 0 Å². The van der Waals surface area contributed by atoms with E-state index in [1.807, 2.05) is 60.7 Å². The predicted octanol–water partition coefficient (Wildman–Crippen LogP) is 4.22. The van der Waals surface area contributed by atoms with Gasteiger partial charge >= 0.3 is 0 Å². The number of ether oxygens (including phenoxy) is 3. The summed E-state index contributed by atoms with van der Waals surface area (Å²) in [6.07, 6.45) is 4.20. The molecular weight excluding hydrogens is 368 g/mol. The molecule has 0 fully saturated rings. The smallest absolute Gasteiger partial charge is 0.119 e. The highest BCUT2D eigenvalue weighted by Crippen LogP contribution is 2.11. The van der Waals surface area contributed by atoms with Crippen LogP contribution in [0, 0.1) is 0 Å². The van der Waals surface area contributed by atoms with E-state index >= 15 is 0 Å². The zero-order chi connectivity index (χ0) is 20.6. The van der Waals surface area contributed by atoms with Crippen LogP contribution in [-0.4, -0.2) is 48.8 Å². The standard InChI is InChI=1S/C24H34O5/c25-21(19-28-23-13-3-1-4-14-23)11-7-9-17-27-18-10-8-12-22(26)20-29-24-15-5-2-6-16-24/h1-6,13-16,21-22,25-26H,7-12,17-20H2. The Bertz CT molecular complexity index is 564. The summed E-state index contributed by atoms with van der Waals surface area (Å²) in [5, 5.41) is 19.9. The van der Waals surface area contributed by atoms with Gasteiger partial charge < -0.3 is 24.4 Å². The van der Waals surface area contributed by atoms with Crippen molar-refractivity contribution in [2.75, 3.05) is 26.4 Å². The number of hydrogen-bond donors (Lipinski definition) is 2. The van der Waals surface area contributed by atoms with Crippen LogP contribution in [-0.2, 0) is 4.74 Å². The minimum Gasteiger partial charge on any atom is -0.491 e. The minimum atomic E-state index is -0.449. The van der Waals surface area contributed by atoms with Crippen LogP contribution in [0.1, 0.15) is 38.5 Å². The van der Waals surface area contributed by atoms with Gasteiger partial charge in [-0.1, -0.05) is 36.4 Å². The molecule has 0 aliphatic rings. The van der Waals surface area contributed by atoms with Gasteiger partial charge in [-0.25, -0.2) is 0 Å².